The largest absolute Gasteiger partial charge is 0.493 e. The number of likely N-dealkylation sites (N-methyl/N-ethyl adjacent to an activating group) is 1. The summed E-state index contributed by atoms with van der Waals surface area (Å²) < 4.78 is 58.2. The maximum Gasteiger partial charge on any atom is 0.345 e. The second-order valence-electron chi connectivity index (χ2n) is 18.2. The highest BCUT2D eigenvalue weighted by Crippen LogP contribution is 2.53. The summed E-state index contributed by atoms with van der Waals surface area (Å²) in [6.45, 7) is 10.0. The van der Waals surface area contributed by atoms with Crippen LogP contribution in [0.15, 0.2) is 85.3 Å². The molecule has 7 heterocycles. The Hall–Kier alpha value is -6.18. The summed E-state index contributed by atoms with van der Waals surface area (Å²) >= 11 is 16.0. The van der Waals surface area contributed by atoms with E-state index >= 15 is 0 Å². The van der Waals surface area contributed by atoms with Crippen LogP contribution in [0, 0.1) is 19.7 Å². The van der Waals surface area contributed by atoms with E-state index in [1.165, 1.54) is 29.8 Å². The van der Waals surface area contributed by atoms with E-state index in [-0.39, 0.29) is 31.6 Å². The molecule has 0 radical (unpaired) electrons. The zero-order chi connectivity index (χ0) is 50.6. The molecule has 0 amide bonds. The summed E-state index contributed by atoms with van der Waals surface area (Å²) in [5.41, 5.74) is 5.07. The number of ether oxygens (including phenoxy) is 7. The van der Waals surface area contributed by atoms with E-state index in [0.717, 1.165) is 31.7 Å². The van der Waals surface area contributed by atoms with Gasteiger partial charge in [-0.05, 0) is 91.7 Å². The number of aliphatic carboxylic acids is 1. The molecule has 0 saturated carbocycles. The number of aromatic nitrogens is 4. The Morgan fingerprint density at radius 3 is 2.45 bits per heavy atom. The van der Waals surface area contributed by atoms with Crippen molar-refractivity contribution in [3.8, 4) is 61.8 Å². The van der Waals surface area contributed by atoms with Gasteiger partial charge in [0.25, 0.3) is 0 Å². The van der Waals surface area contributed by atoms with Crippen LogP contribution in [-0.4, -0.2) is 132 Å². The zero-order valence-electron chi connectivity index (χ0n) is 40.4. The Kier molecular flexibility index (Phi) is 15.5. The molecule has 2 saturated heterocycles. The van der Waals surface area contributed by atoms with Crippen LogP contribution in [0.5, 0.6) is 28.9 Å². The van der Waals surface area contributed by atoms with Crippen LogP contribution in [0.2, 0.25) is 10.0 Å². The van der Waals surface area contributed by atoms with E-state index in [9.17, 15) is 14.3 Å². The van der Waals surface area contributed by atoms with Gasteiger partial charge in [-0.1, -0.05) is 47.5 Å². The molecule has 73 heavy (non-hydrogen) atoms. The highest BCUT2D eigenvalue weighted by atomic mass is 35.5. The molecule has 4 aliphatic heterocycles. The average molecular weight is 1050 g/mol. The highest BCUT2D eigenvalue weighted by molar-refractivity contribution is 7.22. The van der Waals surface area contributed by atoms with Gasteiger partial charge in [0, 0.05) is 73.3 Å². The molecule has 4 aliphatic rings. The topological polar surface area (TPSA) is 160 Å². The summed E-state index contributed by atoms with van der Waals surface area (Å²) in [6, 6.07) is 20.7. The second-order valence-corrected chi connectivity index (χ2v) is 20.0. The van der Waals surface area contributed by atoms with E-state index in [1.807, 2.05) is 38.1 Å². The molecule has 4 bridgehead atoms. The first-order chi connectivity index (χ1) is 35.4. The van der Waals surface area contributed by atoms with Crippen LogP contribution in [0.25, 0.3) is 43.2 Å². The number of carbonyl (C=O) groups is 1. The van der Waals surface area contributed by atoms with Gasteiger partial charge < -0.3 is 43.2 Å². The predicted molar refractivity (Wildman–Crippen MR) is 276 cm³/mol. The number of halogens is 3. The van der Waals surface area contributed by atoms with E-state index in [0.29, 0.717) is 132 Å². The molecule has 3 atom stereocenters. The Balaban J connectivity index is 1.01. The third-order valence-corrected chi connectivity index (χ3v) is 15.2. The van der Waals surface area contributed by atoms with Crippen molar-refractivity contribution in [2.24, 2.45) is 0 Å². The van der Waals surface area contributed by atoms with Gasteiger partial charge in [-0.2, -0.15) is 0 Å². The molecule has 15 nitrogen and oxygen atoms in total. The normalized spacial score (nSPS) is 18.6. The van der Waals surface area contributed by atoms with Crippen molar-refractivity contribution in [3.05, 3.63) is 124 Å². The van der Waals surface area contributed by atoms with Crippen molar-refractivity contribution >= 4 is 50.7 Å². The average Bonchev–Trinajstić information content (AvgIpc) is 3.79. The van der Waals surface area contributed by atoms with Gasteiger partial charge in [0.1, 0.15) is 53.5 Å². The SMILES string of the molecule is Cc1c(Cl)c2c(Cl)c(C)c1-c1c(-c3ccc(F)cc3)sc3ncnc(c13)O[C@@H](C(=O)O)Cc1cc(ccc1OCc1ccnc(-c3cccc(OCC[C@H]4COCCO4)c3)n1)OC[C@@H](CN1CCN(C)CC1)O2. The van der Waals surface area contributed by atoms with Crippen LogP contribution < -0.4 is 23.7 Å². The standard InChI is InChI=1S/C54H53Cl2FN6O9S/c1-31-44-32(2)48(56)49(47(31)55)71-41(26-63-18-16-62(3)17-19-63)29-69-39-11-12-42(70-27-37-13-15-58-51(61-37)34-5-4-6-38(23-34)67-20-14-40-28-66-21-22-68-40)35(24-39)25-43(54(64)65)72-52-46-45(44)50(73-53(46)60-30-59-52)33-7-9-36(57)10-8-33/h4-13,15,23-24,30,40-41,43H,14,16-22,25-29H2,1-3H3,(H,64,65)/t40-,41+,43+/m0/s1. The maximum absolute atomic E-state index is 14.4. The molecule has 11 rings (SSSR count). The summed E-state index contributed by atoms with van der Waals surface area (Å²) in [7, 11) is 2.10. The lowest BCUT2D eigenvalue weighted by Crippen LogP contribution is -2.49. The first-order valence-corrected chi connectivity index (χ1v) is 25.6. The molecule has 0 aliphatic carbocycles. The fraction of sp³-hybridized carbons (Fsp3) is 0.352. The number of hydrogen-bond acceptors (Lipinski definition) is 15. The number of rotatable bonds is 12. The van der Waals surface area contributed by atoms with Gasteiger partial charge in [0.2, 0.25) is 12.0 Å². The Labute approximate surface area is 435 Å². The number of piperazine rings is 1. The van der Waals surface area contributed by atoms with Crippen molar-refractivity contribution in [1.82, 2.24) is 29.7 Å². The minimum absolute atomic E-state index is 0.00197. The number of carboxylic acids is 1. The summed E-state index contributed by atoms with van der Waals surface area (Å²) in [4.78, 5) is 37.8. The van der Waals surface area contributed by atoms with Crippen LogP contribution in [0.1, 0.15) is 28.8 Å². The molecule has 380 valence electrons. The lowest BCUT2D eigenvalue weighted by atomic mass is 9.92. The van der Waals surface area contributed by atoms with Crippen molar-refractivity contribution in [2.75, 3.05) is 72.8 Å². The molecule has 2 fully saturated rings. The molecule has 0 unspecified atom stereocenters. The molecule has 19 heteroatoms. The molecule has 4 aromatic carbocycles. The van der Waals surface area contributed by atoms with E-state index in [2.05, 4.69) is 31.8 Å². The summed E-state index contributed by atoms with van der Waals surface area (Å²) in [5, 5.41) is 12.0. The van der Waals surface area contributed by atoms with E-state index < -0.39 is 24.0 Å². The Morgan fingerprint density at radius 2 is 1.68 bits per heavy atom. The molecule has 1 N–H and O–H groups in total. The third kappa shape index (κ3) is 11.5. The Bertz CT molecular complexity index is 3090. The fourth-order valence-electron chi connectivity index (χ4n) is 9.22. The highest BCUT2D eigenvalue weighted by Gasteiger charge is 2.32. The smallest absolute Gasteiger partial charge is 0.345 e. The molecular weight excluding hydrogens is 999 g/mol. The number of nitrogens with zero attached hydrogens (tertiary/aromatic N) is 6. The van der Waals surface area contributed by atoms with E-state index in [1.54, 1.807) is 42.6 Å². The third-order valence-electron chi connectivity index (χ3n) is 13.1. The van der Waals surface area contributed by atoms with Crippen LogP contribution in [0.4, 0.5) is 4.39 Å². The van der Waals surface area contributed by atoms with Crippen LogP contribution in [-0.2, 0) is 27.3 Å². The van der Waals surface area contributed by atoms with Gasteiger partial charge in [0.05, 0.1) is 53.7 Å². The van der Waals surface area contributed by atoms with Crippen molar-refractivity contribution < 1.29 is 47.4 Å². The van der Waals surface area contributed by atoms with Gasteiger partial charge in [0.15, 0.2) is 11.6 Å². The molecule has 3 aromatic heterocycles. The van der Waals surface area contributed by atoms with Gasteiger partial charge in [-0.15, -0.1) is 11.3 Å². The van der Waals surface area contributed by atoms with Gasteiger partial charge in [-0.25, -0.2) is 29.1 Å². The fourth-order valence-corrected chi connectivity index (χ4v) is 10.9. The van der Waals surface area contributed by atoms with Crippen LogP contribution in [0.3, 0.4) is 0 Å². The molecular formula is C54H53Cl2FN6O9S. The quantitative estimate of drug-likeness (QED) is 0.123. The Morgan fingerprint density at radius 1 is 0.877 bits per heavy atom. The number of thiophene rings is 1. The molecule has 7 aromatic rings. The maximum atomic E-state index is 14.4. The summed E-state index contributed by atoms with van der Waals surface area (Å²) in [5.74, 6) is 0.668. The van der Waals surface area contributed by atoms with Gasteiger partial charge >= 0.3 is 5.97 Å². The predicted octanol–water partition coefficient (Wildman–Crippen LogP) is 9.77. The minimum Gasteiger partial charge on any atom is -0.493 e. The second kappa shape index (κ2) is 22.5. The first-order valence-electron chi connectivity index (χ1n) is 24.1. The lowest BCUT2D eigenvalue weighted by molar-refractivity contribution is -0.145. The monoisotopic (exact) mass is 1050 g/mol. The minimum atomic E-state index is -1.48. The molecule has 0 spiro atoms. The van der Waals surface area contributed by atoms with Crippen LogP contribution >= 0.6 is 34.5 Å². The number of benzene rings is 4. The van der Waals surface area contributed by atoms with Crippen molar-refractivity contribution in [3.63, 3.8) is 0 Å². The number of hydrogen-bond donors (Lipinski definition) is 1. The van der Waals surface area contributed by atoms with E-state index in [4.69, 9.17) is 61.3 Å². The van der Waals surface area contributed by atoms with Gasteiger partial charge in [-0.3, -0.25) is 4.90 Å². The zero-order valence-corrected chi connectivity index (χ0v) is 42.8. The first kappa shape index (κ1) is 50.4. The number of carboxylic acid groups (broad SMARTS) is 1. The van der Waals surface area contributed by atoms with Crippen molar-refractivity contribution in [2.45, 2.75) is 51.6 Å². The number of fused-ring (bicyclic) bond motifs is 7. The summed E-state index contributed by atoms with van der Waals surface area (Å²) in [6.07, 6.45) is 1.51. The lowest BCUT2D eigenvalue weighted by Gasteiger charge is -2.35. The van der Waals surface area contributed by atoms with Crippen molar-refractivity contribution in [1.29, 1.82) is 0 Å².